The van der Waals surface area contributed by atoms with Crippen LogP contribution in [0.5, 0.6) is 0 Å². The standard InChI is InChI=1S/C18H18ClN3O2S/c19-17-7-6-16(13-20)18(12-17)25(23,24)22-10-8-21(9-11-22)14-15-4-2-1-3-5-15/h1-7,12H,8-11,14H2. The Morgan fingerprint density at radius 3 is 2.36 bits per heavy atom. The average Bonchev–Trinajstić information content (AvgIpc) is 2.63. The van der Waals surface area contributed by atoms with Crippen molar-refractivity contribution < 1.29 is 8.42 Å². The molecule has 130 valence electrons. The second-order valence-electron chi connectivity index (χ2n) is 5.92. The second-order valence-corrected chi connectivity index (χ2v) is 8.26. The number of nitrogens with zero attached hydrogens (tertiary/aromatic N) is 3. The number of halogens is 1. The monoisotopic (exact) mass is 375 g/mol. The smallest absolute Gasteiger partial charge is 0.244 e. The van der Waals surface area contributed by atoms with E-state index < -0.39 is 10.0 Å². The van der Waals surface area contributed by atoms with Crippen molar-refractivity contribution >= 4 is 21.6 Å². The Morgan fingerprint density at radius 2 is 1.72 bits per heavy atom. The topological polar surface area (TPSA) is 64.4 Å². The summed E-state index contributed by atoms with van der Waals surface area (Å²) in [5.74, 6) is 0. The van der Waals surface area contributed by atoms with Gasteiger partial charge in [-0.15, -0.1) is 0 Å². The van der Waals surface area contributed by atoms with Gasteiger partial charge in [0.1, 0.15) is 11.0 Å². The highest BCUT2D eigenvalue weighted by molar-refractivity contribution is 7.89. The molecule has 0 aromatic heterocycles. The number of hydrogen-bond donors (Lipinski definition) is 0. The van der Waals surface area contributed by atoms with Crippen LogP contribution in [0.25, 0.3) is 0 Å². The van der Waals surface area contributed by atoms with Gasteiger partial charge < -0.3 is 0 Å². The van der Waals surface area contributed by atoms with Gasteiger partial charge in [0.25, 0.3) is 0 Å². The van der Waals surface area contributed by atoms with E-state index in [-0.39, 0.29) is 10.5 Å². The van der Waals surface area contributed by atoms with Crippen LogP contribution in [0.2, 0.25) is 5.02 Å². The summed E-state index contributed by atoms with van der Waals surface area (Å²) in [6, 6.07) is 16.4. The molecular formula is C18H18ClN3O2S. The van der Waals surface area contributed by atoms with Crippen molar-refractivity contribution in [2.24, 2.45) is 0 Å². The summed E-state index contributed by atoms with van der Waals surface area (Å²) in [7, 11) is -3.72. The van der Waals surface area contributed by atoms with Crippen molar-refractivity contribution in [3.05, 3.63) is 64.7 Å². The van der Waals surface area contributed by atoms with Gasteiger partial charge in [0.2, 0.25) is 10.0 Å². The predicted octanol–water partition coefficient (Wildman–Crippen LogP) is 2.72. The molecule has 0 amide bonds. The van der Waals surface area contributed by atoms with E-state index in [1.54, 1.807) is 0 Å². The minimum absolute atomic E-state index is 0.0148. The van der Waals surface area contributed by atoms with Gasteiger partial charge in [-0.05, 0) is 23.8 Å². The third-order valence-electron chi connectivity index (χ3n) is 4.26. The number of nitriles is 1. The van der Waals surface area contributed by atoms with Crippen LogP contribution >= 0.6 is 11.6 Å². The summed E-state index contributed by atoms with van der Waals surface area (Å²) in [4.78, 5) is 2.21. The lowest BCUT2D eigenvalue weighted by Gasteiger charge is -2.34. The highest BCUT2D eigenvalue weighted by atomic mass is 35.5. The fourth-order valence-electron chi connectivity index (χ4n) is 2.91. The zero-order chi connectivity index (χ0) is 17.9. The molecule has 0 atom stereocenters. The molecule has 1 aliphatic heterocycles. The third kappa shape index (κ3) is 4.02. The molecule has 25 heavy (non-hydrogen) atoms. The predicted molar refractivity (Wildman–Crippen MR) is 96.6 cm³/mol. The van der Waals surface area contributed by atoms with E-state index in [1.807, 2.05) is 24.3 Å². The van der Waals surface area contributed by atoms with Crippen molar-refractivity contribution in [1.29, 1.82) is 5.26 Å². The summed E-state index contributed by atoms with van der Waals surface area (Å²) in [6.07, 6.45) is 0. The van der Waals surface area contributed by atoms with Gasteiger partial charge in [0, 0.05) is 37.7 Å². The maximum Gasteiger partial charge on any atom is 0.244 e. The van der Waals surface area contributed by atoms with Crippen LogP contribution in [0.15, 0.2) is 53.4 Å². The molecule has 0 N–H and O–H groups in total. The van der Waals surface area contributed by atoms with Gasteiger partial charge in [0.05, 0.1) is 5.56 Å². The Balaban J connectivity index is 1.72. The molecule has 0 radical (unpaired) electrons. The van der Waals surface area contributed by atoms with E-state index in [0.717, 1.165) is 6.54 Å². The Kier molecular flexibility index (Phi) is 5.40. The minimum Gasteiger partial charge on any atom is -0.296 e. The molecule has 1 saturated heterocycles. The van der Waals surface area contributed by atoms with Gasteiger partial charge >= 0.3 is 0 Å². The zero-order valence-electron chi connectivity index (χ0n) is 13.6. The van der Waals surface area contributed by atoms with Gasteiger partial charge in [-0.25, -0.2) is 8.42 Å². The summed E-state index contributed by atoms with van der Waals surface area (Å²) in [6.45, 7) is 2.89. The normalized spacial score (nSPS) is 16.5. The maximum absolute atomic E-state index is 12.9. The molecule has 0 unspecified atom stereocenters. The van der Waals surface area contributed by atoms with Crippen LogP contribution in [-0.4, -0.2) is 43.8 Å². The maximum atomic E-state index is 12.9. The summed E-state index contributed by atoms with van der Waals surface area (Å²) in [5.41, 5.74) is 1.33. The Hall–Kier alpha value is -1.91. The van der Waals surface area contributed by atoms with Crippen molar-refractivity contribution in [3.8, 4) is 6.07 Å². The van der Waals surface area contributed by atoms with Gasteiger partial charge in [-0.1, -0.05) is 41.9 Å². The second kappa shape index (κ2) is 7.54. The van der Waals surface area contributed by atoms with Crippen LogP contribution in [0.1, 0.15) is 11.1 Å². The van der Waals surface area contributed by atoms with Crippen LogP contribution in [-0.2, 0) is 16.6 Å². The summed E-state index contributed by atoms with van der Waals surface area (Å²) >= 11 is 5.93. The first kappa shape index (κ1) is 17.9. The number of rotatable bonds is 4. The largest absolute Gasteiger partial charge is 0.296 e. The van der Waals surface area contributed by atoms with E-state index in [0.29, 0.717) is 31.2 Å². The molecule has 0 aliphatic carbocycles. The van der Waals surface area contributed by atoms with Crippen LogP contribution in [0.3, 0.4) is 0 Å². The van der Waals surface area contributed by atoms with Gasteiger partial charge in [0.15, 0.2) is 0 Å². The Labute approximate surface area is 153 Å². The Bertz CT molecular complexity index is 886. The molecule has 3 rings (SSSR count). The Morgan fingerprint density at radius 1 is 1.04 bits per heavy atom. The van der Waals surface area contributed by atoms with Crippen molar-refractivity contribution in [1.82, 2.24) is 9.21 Å². The van der Waals surface area contributed by atoms with Crippen molar-refractivity contribution in [3.63, 3.8) is 0 Å². The van der Waals surface area contributed by atoms with Crippen molar-refractivity contribution in [2.45, 2.75) is 11.4 Å². The molecule has 1 aliphatic rings. The number of hydrogen-bond acceptors (Lipinski definition) is 4. The molecule has 5 nitrogen and oxygen atoms in total. The SMILES string of the molecule is N#Cc1ccc(Cl)cc1S(=O)(=O)N1CCN(Cc2ccccc2)CC1. The van der Waals surface area contributed by atoms with E-state index >= 15 is 0 Å². The minimum atomic E-state index is -3.72. The van der Waals surface area contributed by atoms with E-state index in [9.17, 15) is 13.7 Å². The lowest BCUT2D eigenvalue weighted by Crippen LogP contribution is -2.48. The average molecular weight is 376 g/mol. The summed E-state index contributed by atoms with van der Waals surface area (Å²) in [5, 5.41) is 9.50. The first-order valence-electron chi connectivity index (χ1n) is 7.97. The van der Waals surface area contributed by atoms with E-state index in [2.05, 4.69) is 17.0 Å². The highest BCUT2D eigenvalue weighted by Gasteiger charge is 2.30. The molecule has 2 aromatic carbocycles. The van der Waals surface area contributed by atoms with Gasteiger partial charge in [-0.2, -0.15) is 9.57 Å². The zero-order valence-corrected chi connectivity index (χ0v) is 15.2. The van der Waals surface area contributed by atoms with Gasteiger partial charge in [-0.3, -0.25) is 4.90 Å². The molecule has 7 heteroatoms. The number of benzene rings is 2. The van der Waals surface area contributed by atoms with Crippen LogP contribution < -0.4 is 0 Å². The molecule has 0 spiro atoms. The number of piperazine rings is 1. The molecule has 0 saturated carbocycles. The lowest BCUT2D eigenvalue weighted by atomic mass is 10.2. The van der Waals surface area contributed by atoms with Crippen LogP contribution in [0, 0.1) is 11.3 Å². The summed E-state index contributed by atoms with van der Waals surface area (Å²) < 4.78 is 27.2. The number of sulfonamides is 1. The molecule has 1 heterocycles. The van der Waals surface area contributed by atoms with Crippen molar-refractivity contribution in [2.75, 3.05) is 26.2 Å². The van der Waals surface area contributed by atoms with E-state index in [1.165, 1.54) is 28.1 Å². The first-order chi connectivity index (χ1) is 12.0. The van der Waals surface area contributed by atoms with E-state index in [4.69, 9.17) is 11.6 Å². The first-order valence-corrected chi connectivity index (χ1v) is 9.78. The van der Waals surface area contributed by atoms with Crippen LogP contribution in [0.4, 0.5) is 0 Å². The molecule has 1 fully saturated rings. The fourth-order valence-corrected chi connectivity index (χ4v) is 4.74. The molecule has 0 bridgehead atoms. The lowest BCUT2D eigenvalue weighted by molar-refractivity contribution is 0.181. The third-order valence-corrected chi connectivity index (χ3v) is 6.44. The highest BCUT2D eigenvalue weighted by Crippen LogP contribution is 2.24. The molecular weight excluding hydrogens is 358 g/mol. The fraction of sp³-hybridized carbons (Fsp3) is 0.278. The molecule has 2 aromatic rings. The quantitative estimate of drug-likeness (QED) is 0.824.